The summed E-state index contributed by atoms with van der Waals surface area (Å²) in [5, 5.41) is 3.50. The van der Waals surface area contributed by atoms with E-state index in [1.54, 1.807) is 38.3 Å². The van der Waals surface area contributed by atoms with E-state index in [1.165, 1.54) is 0 Å². The van der Waals surface area contributed by atoms with Crippen molar-refractivity contribution in [2.24, 2.45) is 0 Å². The molecule has 7 heteroatoms. The van der Waals surface area contributed by atoms with E-state index in [0.717, 1.165) is 21.4 Å². The number of carbonyl (C=O) groups excluding carboxylic acids is 3. The number of methoxy groups -OCH3 is 1. The number of Topliss-reactive ketones (excluding diaryl/α,β-unsaturated/α-hetero) is 1. The number of ether oxygens (including phenoxy) is 1. The number of nitrogens with one attached hydrogen (secondary N) is 2. The molecular formula is C27H23N3O4. The van der Waals surface area contributed by atoms with Crippen molar-refractivity contribution in [3.63, 3.8) is 0 Å². The molecule has 0 unspecified atom stereocenters. The summed E-state index contributed by atoms with van der Waals surface area (Å²) < 4.78 is 5.18. The number of urea groups is 1. The van der Waals surface area contributed by atoms with Crippen LogP contribution in [0, 0.1) is 0 Å². The number of fused-ring (bicyclic) bond motifs is 1. The number of benzene rings is 3. The molecule has 34 heavy (non-hydrogen) atoms. The summed E-state index contributed by atoms with van der Waals surface area (Å²) >= 11 is 0. The summed E-state index contributed by atoms with van der Waals surface area (Å²) in [6, 6.07) is 23.3. The number of imide groups is 1. The molecule has 1 saturated heterocycles. The van der Waals surface area contributed by atoms with E-state index in [2.05, 4.69) is 10.3 Å². The van der Waals surface area contributed by atoms with Crippen molar-refractivity contribution in [1.29, 1.82) is 0 Å². The number of amides is 3. The number of aromatic amines is 1. The lowest BCUT2D eigenvalue weighted by atomic mass is 9.92. The van der Waals surface area contributed by atoms with Gasteiger partial charge < -0.3 is 15.0 Å². The smallest absolute Gasteiger partial charge is 0.325 e. The van der Waals surface area contributed by atoms with Crippen LogP contribution in [0.15, 0.2) is 78.9 Å². The van der Waals surface area contributed by atoms with Gasteiger partial charge in [0.05, 0.1) is 24.9 Å². The maximum atomic E-state index is 13.6. The monoisotopic (exact) mass is 453 g/mol. The van der Waals surface area contributed by atoms with Crippen LogP contribution in [-0.4, -0.2) is 41.3 Å². The van der Waals surface area contributed by atoms with Crippen LogP contribution in [0.1, 0.15) is 22.8 Å². The zero-order valence-corrected chi connectivity index (χ0v) is 18.8. The number of nitrogens with zero attached hydrogens (tertiary/aromatic N) is 1. The molecule has 0 radical (unpaired) electrons. The molecule has 0 spiro atoms. The van der Waals surface area contributed by atoms with Crippen LogP contribution >= 0.6 is 0 Å². The van der Waals surface area contributed by atoms with Gasteiger partial charge in [-0.3, -0.25) is 14.5 Å². The van der Waals surface area contributed by atoms with Crippen LogP contribution in [-0.2, 0) is 10.3 Å². The summed E-state index contributed by atoms with van der Waals surface area (Å²) in [5.41, 5.74) is 2.12. The molecule has 4 aromatic rings. The molecule has 2 heterocycles. The second kappa shape index (κ2) is 8.19. The van der Waals surface area contributed by atoms with Crippen LogP contribution in [0.4, 0.5) is 4.79 Å². The highest BCUT2D eigenvalue weighted by molar-refractivity contribution is 6.17. The highest BCUT2D eigenvalue weighted by Gasteiger charge is 2.49. The van der Waals surface area contributed by atoms with Gasteiger partial charge in [0.1, 0.15) is 11.3 Å². The third-order valence-corrected chi connectivity index (χ3v) is 6.29. The van der Waals surface area contributed by atoms with E-state index in [0.29, 0.717) is 22.6 Å². The molecule has 170 valence electrons. The lowest BCUT2D eigenvalue weighted by Gasteiger charge is -2.22. The van der Waals surface area contributed by atoms with Crippen molar-refractivity contribution >= 4 is 28.6 Å². The zero-order chi connectivity index (χ0) is 23.9. The summed E-state index contributed by atoms with van der Waals surface area (Å²) in [4.78, 5) is 44.1. The Morgan fingerprint density at radius 2 is 1.62 bits per heavy atom. The van der Waals surface area contributed by atoms with Crippen molar-refractivity contribution in [3.8, 4) is 17.0 Å². The number of carbonyl (C=O) groups is 3. The molecule has 1 atom stereocenters. The van der Waals surface area contributed by atoms with Crippen molar-refractivity contribution in [3.05, 3.63) is 90.0 Å². The summed E-state index contributed by atoms with van der Waals surface area (Å²) in [7, 11) is 1.56. The van der Waals surface area contributed by atoms with Gasteiger partial charge in [0.2, 0.25) is 0 Å². The van der Waals surface area contributed by atoms with Gasteiger partial charge in [-0.15, -0.1) is 0 Å². The molecule has 2 N–H and O–H groups in total. The third kappa shape index (κ3) is 3.42. The maximum absolute atomic E-state index is 13.6. The van der Waals surface area contributed by atoms with Gasteiger partial charge in [-0.05, 0) is 36.2 Å². The van der Waals surface area contributed by atoms with Crippen molar-refractivity contribution in [2.75, 3.05) is 13.7 Å². The summed E-state index contributed by atoms with van der Waals surface area (Å²) in [6.07, 6.45) is 0. The molecule has 0 bridgehead atoms. The van der Waals surface area contributed by atoms with E-state index in [4.69, 9.17) is 4.74 Å². The average molecular weight is 453 g/mol. The van der Waals surface area contributed by atoms with E-state index >= 15 is 0 Å². The lowest BCUT2D eigenvalue weighted by Crippen LogP contribution is -2.41. The highest BCUT2D eigenvalue weighted by atomic mass is 16.5. The average Bonchev–Trinajstić information content (AvgIpc) is 3.36. The Balaban J connectivity index is 1.49. The van der Waals surface area contributed by atoms with E-state index in [-0.39, 0.29) is 12.3 Å². The van der Waals surface area contributed by atoms with E-state index < -0.39 is 17.5 Å². The molecule has 1 aliphatic heterocycles. The fourth-order valence-electron chi connectivity index (χ4n) is 4.44. The molecule has 1 fully saturated rings. The molecule has 5 rings (SSSR count). The Labute approximate surface area is 196 Å². The standard InChI is InChI=1S/C27H23N3O4/c1-27(18-12-14-19(34-2)15-13-18)25(32)30(26(33)29-27)16-22(31)23-20-10-6-7-11-21(20)28-24(23)17-8-4-3-5-9-17/h3-15,28H,16H2,1-2H3,(H,29,33)/t27-/m1/s1. The van der Waals surface area contributed by atoms with Crippen molar-refractivity contribution in [2.45, 2.75) is 12.5 Å². The maximum Gasteiger partial charge on any atom is 0.325 e. The number of hydrogen-bond acceptors (Lipinski definition) is 4. The fraction of sp³-hybridized carbons (Fsp3) is 0.148. The number of rotatable bonds is 6. The first-order valence-corrected chi connectivity index (χ1v) is 10.9. The van der Waals surface area contributed by atoms with Crippen molar-refractivity contribution in [1.82, 2.24) is 15.2 Å². The first-order valence-electron chi connectivity index (χ1n) is 10.9. The topological polar surface area (TPSA) is 91.5 Å². The minimum Gasteiger partial charge on any atom is -0.497 e. The molecule has 7 nitrogen and oxygen atoms in total. The Kier molecular flexibility index (Phi) is 5.17. The Morgan fingerprint density at radius 1 is 0.941 bits per heavy atom. The number of aromatic nitrogens is 1. The second-order valence-electron chi connectivity index (χ2n) is 8.38. The predicted molar refractivity (Wildman–Crippen MR) is 129 cm³/mol. The van der Waals surface area contributed by atoms with Crippen LogP contribution in [0.25, 0.3) is 22.2 Å². The van der Waals surface area contributed by atoms with Gasteiger partial charge in [0.25, 0.3) is 5.91 Å². The Hall–Kier alpha value is -4.39. The van der Waals surface area contributed by atoms with Gasteiger partial charge in [0.15, 0.2) is 5.78 Å². The molecule has 0 aliphatic carbocycles. The Morgan fingerprint density at radius 3 is 2.32 bits per heavy atom. The third-order valence-electron chi connectivity index (χ3n) is 6.29. The van der Waals surface area contributed by atoms with Gasteiger partial charge in [-0.25, -0.2) is 4.79 Å². The predicted octanol–water partition coefficient (Wildman–Crippen LogP) is 4.49. The highest BCUT2D eigenvalue weighted by Crippen LogP contribution is 2.33. The fourth-order valence-corrected chi connectivity index (χ4v) is 4.44. The van der Waals surface area contributed by atoms with Crippen LogP contribution < -0.4 is 10.1 Å². The quantitative estimate of drug-likeness (QED) is 0.332. The largest absolute Gasteiger partial charge is 0.497 e. The van der Waals surface area contributed by atoms with Gasteiger partial charge in [-0.1, -0.05) is 60.7 Å². The first-order chi connectivity index (χ1) is 16.4. The minimum absolute atomic E-state index is 0.321. The minimum atomic E-state index is -1.27. The summed E-state index contributed by atoms with van der Waals surface area (Å²) in [5.74, 6) is -0.153. The number of para-hydroxylation sites is 1. The number of hydrogen-bond donors (Lipinski definition) is 2. The van der Waals surface area contributed by atoms with Crippen LogP contribution in [0.5, 0.6) is 5.75 Å². The zero-order valence-electron chi connectivity index (χ0n) is 18.8. The van der Waals surface area contributed by atoms with Crippen LogP contribution in [0.2, 0.25) is 0 Å². The lowest BCUT2D eigenvalue weighted by molar-refractivity contribution is -0.130. The normalized spacial score (nSPS) is 17.8. The molecule has 1 aliphatic rings. The molecule has 1 aromatic heterocycles. The Bertz CT molecular complexity index is 1410. The first kappa shape index (κ1) is 21.5. The second-order valence-corrected chi connectivity index (χ2v) is 8.38. The summed E-state index contributed by atoms with van der Waals surface area (Å²) in [6.45, 7) is 1.28. The number of H-pyrrole nitrogens is 1. The molecule has 3 amide bonds. The van der Waals surface area contributed by atoms with E-state index in [1.807, 2.05) is 54.6 Å². The SMILES string of the molecule is COc1ccc([C@@]2(C)NC(=O)N(CC(=O)c3c(-c4ccccc4)[nH]c4ccccc34)C2=O)cc1. The van der Waals surface area contributed by atoms with Gasteiger partial charge >= 0.3 is 6.03 Å². The number of ketones is 1. The molecular weight excluding hydrogens is 430 g/mol. The van der Waals surface area contributed by atoms with Crippen molar-refractivity contribution < 1.29 is 19.1 Å². The van der Waals surface area contributed by atoms with Crippen LogP contribution in [0.3, 0.4) is 0 Å². The molecule has 3 aromatic carbocycles. The molecule has 0 saturated carbocycles. The van der Waals surface area contributed by atoms with Gasteiger partial charge in [-0.2, -0.15) is 0 Å². The van der Waals surface area contributed by atoms with E-state index in [9.17, 15) is 14.4 Å². The van der Waals surface area contributed by atoms with Gasteiger partial charge in [0, 0.05) is 10.9 Å².